The minimum absolute atomic E-state index is 0.244. The topological polar surface area (TPSA) is 38.3 Å². The second-order valence-electron chi connectivity index (χ2n) is 5.27. The number of carbonyl (C=O) groups is 1. The highest BCUT2D eigenvalue weighted by atomic mass is 19.1. The van der Waals surface area contributed by atoms with Gasteiger partial charge in [0.1, 0.15) is 11.4 Å². The van der Waals surface area contributed by atoms with E-state index in [0.717, 1.165) is 18.4 Å². The molecule has 1 N–H and O–H groups in total. The molecule has 1 atom stereocenters. The minimum Gasteiger partial charge on any atom is -0.465 e. The van der Waals surface area contributed by atoms with Crippen molar-refractivity contribution in [2.24, 2.45) is 0 Å². The van der Waals surface area contributed by atoms with Crippen LogP contribution in [0.15, 0.2) is 24.3 Å². The molecule has 0 saturated heterocycles. The first-order valence-electron chi connectivity index (χ1n) is 6.73. The van der Waals surface area contributed by atoms with E-state index in [2.05, 4.69) is 5.32 Å². The normalized spacial score (nSPS) is 17.8. The molecule has 1 aromatic rings. The Labute approximate surface area is 113 Å². The molecular weight excluding hydrogens is 245 g/mol. The monoisotopic (exact) mass is 265 g/mol. The smallest absolute Gasteiger partial charge is 0.326 e. The molecule has 0 spiro atoms. The molecule has 1 aromatic carbocycles. The van der Waals surface area contributed by atoms with Gasteiger partial charge in [0, 0.05) is 12.5 Å². The zero-order chi connectivity index (χ0) is 13.9. The van der Waals surface area contributed by atoms with E-state index in [1.54, 1.807) is 19.1 Å². The molecule has 19 heavy (non-hydrogen) atoms. The van der Waals surface area contributed by atoms with Crippen LogP contribution in [0.5, 0.6) is 0 Å². The van der Waals surface area contributed by atoms with Crippen LogP contribution in [0.3, 0.4) is 0 Å². The third-order valence-corrected chi connectivity index (χ3v) is 3.30. The maximum Gasteiger partial charge on any atom is 0.326 e. The van der Waals surface area contributed by atoms with Gasteiger partial charge in [-0.3, -0.25) is 10.1 Å². The first-order valence-corrected chi connectivity index (χ1v) is 6.73. The molecule has 1 saturated carbocycles. The van der Waals surface area contributed by atoms with Crippen LogP contribution in [-0.2, 0) is 16.0 Å². The third-order valence-electron chi connectivity index (χ3n) is 3.30. The fraction of sp³-hybridized carbons (Fsp3) is 0.533. The van der Waals surface area contributed by atoms with E-state index >= 15 is 0 Å². The summed E-state index contributed by atoms with van der Waals surface area (Å²) in [6, 6.07) is 6.65. The average molecular weight is 265 g/mol. The molecule has 0 amide bonds. The fourth-order valence-electron chi connectivity index (χ4n) is 2.16. The summed E-state index contributed by atoms with van der Waals surface area (Å²) < 4.78 is 18.1. The fourth-order valence-corrected chi connectivity index (χ4v) is 2.16. The van der Waals surface area contributed by atoms with E-state index in [9.17, 15) is 9.18 Å². The molecule has 0 bridgehead atoms. The van der Waals surface area contributed by atoms with Crippen LogP contribution in [-0.4, -0.2) is 24.2 Å². The van der Waals surface area contributed by atoms with Crippen LogP contribution < -0.4 is 5.32 Å². The molecule has 0 aromatic heterocycles. The highest BCUT2D eigenvalue weighted by Crippen LogP contribution is 2.25. The van der Waals surface area contributed by atoms with Gasteiger partial charge in [-0.1, -0.05) is 12.1 Å². The lowest BCUT2D eigenvalue weighted by molar-refractivity contribution is -0.150. The van der Waals surface area contributed by atoms with Crippen molar-refractivity contribution >= 4 is 5.97 Å². The van der Waals surface area contributed by atoms with Crippen LogP contribution in [0.2, 0.25) is 0 Å². The van der Waals surface area contributed by atoms with Crippen molar-refractivity contribution in [2.75, 3.05) is 6.61 Å². The summed E-state index contributed by atoms with van der Waals surface area (Å²) >= 11 is 0. The maximum atomic E-state index is 12.9. The number of carbonyl (C=O) groups excluding carboxylic acids is 1. The second kappa shape index (κ2) is 5.70. The van der Waals surface area contributed by atoms with Crippen molar-refractivity contribution in [3.63, 3.8) is 0 Å². The first-order chi connectivity index (χ1) is 9.03. The van der Waals surface area contributed by atoms with E-state index in [1.807, 2.05) is 6.92 Å². The van der Waals surface area contributed by atoms with Gasteiger partial charge >= 0.3 is 5.97 Å². The summed E-state index contributed by atoms with van der Waals surface area (Å²) in [6.45, 7) is 4.02. The number of nitrogens with one attached hydrogen (secondary N) is 1. The zero-order valence-electron chi connectivity index (χ0n) is 11.4. The van der Waals surface area contributed by atoms with Gasteiger partial charge in [0.15, 0.2) is 0 Å². The standard InChI is InChI=1S/C15H20FNO2/c1-3-19-14(18)15(2,17-13-8-9-13)10-11-4-6-12(16)7-5-11/h4-7,13,17H,3,8-10H2,1-2H3. The maximum absolute atomic E-state index is 12.9. The Balaban J connectivity index is 2.11. The van der Waals surface area contributed by atoms with Gasteiger partial charge in [0.25, 0.3) is 0 Å². The SMILES string of the molecule is CCOC(=O)C(C)(Cc1ccc(F)cc1)NC1CC1. The number of esters is 1. The predicted octanol–water partition coefficient (Wildman–Crippen LogP) is 2.44. The van der Waals surface area contributed by atoms with Crippen LogP contribution in [0.25, 0.3) is 0 Å². The Kier molecular flexibility index (Phi) is 4.20. The number of halogens is 1. The Morgan fingerprint density at radius 3 is 2.58 bits per heavy atom. The Hall–Kier alpha value is -1.42. The third kappa shape index (κ3) is 3.77. The molecule has 104 valence electrons. The van der Waals surface area contributed by atoms with E-state index in [-0.39, 0.29) is 11.8 Å². The summed E-state index contributed by atoms with van der Waals surface area (Å²) in [5.74, 6) is -0.511. The van der Waals surface area contributed by atoms with Crippen molar-refractivity contribution in [2.45, 2.75) is 44.7 Å². The molecular formula is C15H20FNO2. The molecule has 0 radical (unpaired) electrons. The molecule has 0 aliphatic heterocycles. The van der Waals surface area contributed by atoms with E-state index in [0.29, 0.717) is 19.1 Å². The average Bonchev–Trinajstić information content (AvgIpc) is 3.16. The van der Waals surface area contributed by atoms with Crippen molar-refractivity contribution in [3.05, 3.63) is 35.6 Å². The van der Waals surface area contributed by atoms with Crippen LogP contribution in [0.4, 0.5) is 4.39 Å². The van der Waals surface area contributed by atoms with Crippen molar-refractivity contribution in [1.29, 1.82) is 0 Å². The van der Waals surface area contributed by atoms with Crippen molar-refractivity contribution in [3.8, 4) is 0 Å². The van der Waals surface area contributed by atoms with Gasteiger partial charge in [-0.2, -0.15) is 0 Å². The summed E-state index contributed by atoms with van der Waals surface area (Å²) in [5, 5.41) is 3.35. The number of hydrogen-bond donors (Lipinski definition) is 1. The van der Waals surface area contributed by atoms with E-state index in [1.165, 1.54) is 12.1 Å². The molecule has 4 heteroatoms. The first kappa shape index (κ1) is 14.0. The minimum atomic E-state index is -0.741. The molecule has 3 nitrogen and oxygen atoms in total. The van der Waals surface area contributed by atoms with Gasteiger partial charge in [-0.05, 0) is 44.4 Å². The number of rotatable bonds is 6. The van der Waals surface area contributed by atoms with Gasteiger partial charge in [-0.25, -0.2) is 4.39 Å². The van der Waals surface area contributed by atoms with E-state index < -0.39 is 5.54 Å². The predicted molar refractivity (Wildman–Crippen MR) is 71.3 cm³/mol. The molecule has 1 unspecified atom stereocenters. The molecule has 0 heterocycles. The second-order valence-corrected chi connectivity index (χ2v) is 5.27. The van der Waals surface area contributed by atoms with Gasteiger partial charge in [-0.15, -0.1) is 0 Å². The molecule has 1 aliphatic carbocycles. The highest BCUT2D eigenvalue weighted by molar-refractivity contribution is 5.81. The van der Waals surface area contributed by atoms with Gasteiger partial charge in [0.05, 0.1) is 6.61 Å². The largest absolute Gasteiger partial charge is 0.465 e. The van der Waals surface area contributed by atoms with Crippen LogP contribution in [0, 0.1) is 5.82 Å². The van der Waals surface area contributed by atoms with Crippen molar-refractivity contribution in [1.82, 2.24) is 5.32 Å². The Bertz CT molecular complexity index is 442. The summed E-state index contributed by atoms with van der Waals surface area (Å²) in [4.78, 5) is 12.1. The number of hydrogen-bond acceptors (Lipinski definition) is 3. The lowest BCUT2D eigenvalue weighted by Gasteiger charge is -2.28. The lowest BCUT2D eigenvalue weighted by Crippen LogP contribution is -2.53. The Morgan fingerprint density at radius 1 is 1.42 bits per heavy atom. The lowest BCUT2D eigenvalue weighted by atomic mass is 9.92. The van der Waals surface area contributed by atoms with Gasteiger partial charge in [0.2, 0.25) is 0 Å². The number of benzene rings is 1. The summed E-state index contributed by atoms with van der Waals surface area (Å²) in [5.41, 5.74) is 0.180. The summed E-state index contributed by atoms with van der Waals surface area (Å²) in [6.07, 6.45) is 2.69. The molecule has 1 fully saturated rings. The molecule has 2 rings (SSSR count). The zero-order valence-corrected chi connectivity index (χ0v) is 11.4. The Morgan fingerprint density at radius 2 is 2.05 bits per heavy atom. The van der Waals surface area contributed by atoms with Crippen LogP contribution in [0.1, 0.15) is 32.3 Å². The van der Waals surface area contributed by atoms with E-state index in [4.69, 9.17) is 4.74 Å². The number of ether oxygens (including phenoxy) is 1. The van der Waals surface area contributed by atoms with Crippen molar-refractivity contribution < 1.29 is 13.9 Å². The summed E-state index contributed by atoms with van der Waals surface area (Å²) in [7, 11) is 0. The highest BCUT2D eigenvalue weighted by Gasteiger charge is 2.39. The van der Waals surface area contributed by atoms with Gasteiger partial charge < -0.3 is 4.74 Å². The quantitative estimate of drug-likeness (QED) is 0.803. The van der Waals surface area contributed by atoms with Crippen LogP contribution >= 0.6 is 0 Å². The molecule has 1 aliphatic rings.